The Morgan fingerprint density at radius 3 is 2.56 bits per heavy atom. The van der Waals surface area contributed by atoms with Crippen LogP contribution in [-0.2, 0) is 14.3 Å². The molecule has 1 unspecified atom stereocenters. The van der Waals surface area contributed by atoms with Crippen molar-refractivity contribution in [3.63, 3.8) is 0 Å². The Morgan fingerprint density at radius 2 is 2.06 bits per heavy atom. The van der Waals surface area contributed by atoms with Crippen molar-refractivity contribution in [2.45, 2.75) is 44.6 Å². The van der Waals surface area contributed by atoms with Gasteiger partial charge in [-0.2, -0.15) is 0 Å². The molecule has 1 aliphatic heterocycles. The van der Waals surface area contributed by atoms with E-state index in [1.165, 1.54) is 0 Å². The van der Waals surface area contributed by atoms with Gasteiger partial charge in [0.2, 0.25) is 5.91 Å². The van der Waals surface area contributed by atoms with E-state index in [0.29, 0.717) is 0 Å². The topological polar surface area (TPSA) is 59.6 Å². The molecule has 5 nitrogen and oxygen atoms in total. The van der Waals surface area contributed by atoms with Crippen molar-refractivity contribution in [3.8, 4) is 0 Å². The summed E-state index contributed by atoms with van der Waals surface area (Å²) in [5.74, 6) is 0.0336. The van der Waals surface area contributed by atoms with Crippen LogP contribution in [0, 0.1) is 0 Å². The lowest BCUT2D eigenvalue weighted by atomic mass is 10.0. The molecule has 94 valence electrons. The van der Waals surface area contributed by atoms with Gasteiger partial charge in [-0.15, -0.1) is 0 Å². The van der Waals surface area contributed by atoms with Crippen molar-refractivity contribution in [1.82, 2.24) is 10.6 Å². The molecule has 0 aromatic carbocycles. The van der Waals surface area contributed by atoms with Crippen LogP contribution in [-0.4, -0.2) is 45.0 Å². The predicted octanol–water partition coefficient (Wildman–Crippen LogP) is 0.252. The van der Waals surface area contributed by atoms with E-state index in [9.17, 15) is 4.79 Å². The highest BCUT2D eigenvalue weighted by Crippen LogP contribution is 2.08. The second kappa shape index (κ2) is 6.83. The lowest BCUT2D eigenvalue weighted by Crippen LogP contribution is -2.52. The number of ether oxygens (including phenoxy) is 2. The van der Waals surface area contributed by atoms with Crippen molar-refractivity contribution in [1.29, 1.82) is 0 Å². The molecule has 0 aliphatic carbocycles. The molecular formula is C11H22N2O3. The van der Waals surface area contributed by atoms with E-state index in [-0.39, 0.29) is 18.0 Å². The highest BCUT2D eigenvalue weighted by atomic mass is 16.7. The third-order valence-corrected chi connectivity index (χ3v) is 2.87. The first-order valence-electron chi connectivity index (χ1n) is 5.78. The standard InChI is InChI=1S/C11H22N2O3/c1-8(11(15-2)16-3)13-10(14)9-6-4-5-7-12-9/h8-9,11-12H,4-7H2,1-3H3,(H,13,14)/t8?,9-/m1/s1. The molecule has 0 radical (unpaired) electrons. The Morgan fingerprint density at radius 1 is 1.38 bits per heavy atom. The van der Waals surface area contributed by atoms with E-state index in [4.69, 9.17) is 9.47 Å². The molecule has 0 saturated carbocycles. The molecule has 0 spiro atoms. The fourth-order valence-corrected chi connectivity index (χ4v) is 1.97. The third kappa shape index (κ3) is 3.73. The van der Waals surface area contributed by atoms with Gasteiger partial charge in [0.1, 0.15) is 0 Å². The van der Waals surface area contributed by atoms with Crippen LogP contribution in [0.1, 0.15) is 26.2 Å². The molecule has 2 N–H and O–H groups in total. The fraction of sp³-hybridized carbons (Fsp3) is 0.909. The molecule has 1 fully saturated rings. The van der Waals surface area contributed by atoms with Crippen LogP contribution >= 0.6 is 0 Å². The summed E-state index contributed by atoms with van der Waals surface area (Å²) >= 11 is 0. The van der Waals surface area contributed by atoms with Crippen LogP contribution in [0.15, 0.2) is 0 Å². The van der Waals surface area contributed by atoms with Crippen LogP contribution < -0.4 is 10.6 Å². The van der Waals surface area contributed by atoms with Crippen LogP contribution in [0.2, 0.25) is 0 Å². The minimum Gasteiger partial charge on any atom is -0.354 e. The van der Waals surface area contributed by atoms with Gasteiger partial charge in [-0.05, 0) is 26.3 Å². The Hall–Kier alpha value is -0.650. The normalized spacial score (nSPS) is 23.1. The molecular weight excluding hydrogens is 208 g/mol. The SMILES string of the molecule is COC(OC)C(C)NC(=O)[C@H]1CCCCN1. The van der Waals surface area contributed by atoms with Gasteiger partial charge in [-0.1, -0.05) is 6.42 Å². The van der Waals surface area contributed by atoms with Crippen molar-refractivity contribution in [2.75, 3.05) is 20.8 Å². The summed E-state index contributed by atoms with van der Waals surface area (Å²) in [5.41, 5.74) is 0. The van der Waals surface area contributed by atoms with Crippen molar-refractivity contribution >= 4 is 5.91 Å². The number of rotatable bonds is 5. The van der Waals surface area contributed by atoms with E-state index in [2.05, 4.69) is 10.6 Å². The Balaban J connectivity index is 2.37. The molecule has 0 aromatic heterocycles. The van der Waals surface area contributed by atoms with Crippen LogP contribution in [0.3, 0.4) is 0 Å². The second-order valence-corrected chi connectivity index (χ2v) is 4.14. The number of amides is 1. The Labute approximate surface area is 96.9 Å². The van der Waals surface area contributed by atoms with Crippen LogP contribution in [0.25, 0.3) is 0 Å². The molecule has 1 amide bonds. The molecule has 1 saturated heterocycles. The number of nitrogens with one attached hydrogen (secondary N) is 2. The quantitative estimate of drug-likeness (QED) is 0.665. The number of hydrogen-bond donors (Lipinski definition) is 2. The van der Waals surface area contributed by atoms with Gasteiger partial charge < -0.3 is 20.1 Å². The molecule has 0 aromatic rings. The summed E-state index contributed by atoms with van der Waals surface area (Å²) in [7, 11) is 3.13. The molecule has 2 atom stereocenters. The lowest BCUT2D eigenvalue weighted by Gasteiger charge is -2.27. The molecule has 5 heteroatoms. The van der Waals surface area contributed by atoms with Crippen molar-refractivity contribution in [3.05, 3.63) is 0 Å². The Kier molecular flexibility index (Phi) is 5.73. The Bertz CT molecular complexity index is 213. The maximum atomic E-state index is 11.9. The van der Waals surface area contributed by atoms with Gasteiger partial charge in [0.05, 0.1) is 12.1 Å². The third-order valence-electron chi connectivity index (χ3n) is 2.87. The minimum absolute atomic E-state index is 0.0336. The largest absolute Gasteiger partial charge is 0.354 e. The summed E-state index contributed by atoms with van der Waals surface area (Å²) in [6.45, 7) is 2.79. The molecule has 16 heavy (non-hydrogen) atoms. The summed E-state index contributed by atoms with van der Waals surface area (Å²) in [6, 6.07) is -0.211. The maximum Gasteiger partial charge on any atom is 0.237 e. The summed E-state index contributed by atoms with van der Waals surface area (Å²) in [5, 5.41) is 6.11. The van der Waals surface area contributed by atoms with E-state index < -0.39 is 6.29 Å². The molecule has 0 bridgehead atoms. The average molecular weight is 230 g/mol. The van der Waals surface area contributed by atoms with Crippen molar-refractivity contribution < 1.29 is 14.3 Å². The van der Waals surface area contributed by atoms with Crippen LogP contribution in [0.4, 0.5) is 0 Å². The number of hydrogen-bond acceptors (Lipinski definition) is 4. The van der Waals surface area contributed by atoms with E-state index >= 15 is 0 Å². The number of piperidine rings is 1. The summed E-state index contributed by atoms with van der Waals surface area (Å²) in [6.07, 6.45) is 2.77. The first-order chi connectivity index (χ1) is 7.69. The van der Waals surface area contributed by atoms with Gasteiger partial charge in [0.25, 0.3) is 0 Å². The monoisotopic (exact) mass is 230 g/mol. The van der Waals surface area contributed by atoms with Gasteiger partial charge >= 0.3 is 0 Å². The number of carbonyl (C=O) groups is 1. The van der Waals surface area contributed by atoms with E-state index in [1.807, 2.05) is 6.92 Å². The molecule has 1 rings (SSSR count). The van der Waals surface area contributed by atoms with Gasteiger partial charge in [-0.25, -0.2) is 0 Å². The first-order valence-corrected chi connectivity index (χ1v) is 5.78. The smallest absolute Gasteiger partial charge is 0.237 e. The predicted molar refractivity (Wildman–Crippen MR) is 61.1 cm³/mol. The van der Waals surface area contributed by atoms with Gasteiger partial charge in [0.15, 0.2) is 6.29 Å². The second-order valence-electron chi connectivity index (χ2n) is 4.14. The van der Waals surface area contributed by atoms with Gasteiger partial charge in [-0.3, -0.25) is 4.79 Å². The highest BCUT2D eigenvalue weighted by Gasteiger charge is 2.24. The average Bonchev–Trinajstić information content (AvgIpc) is 2.31. The lowest BCUT2D eigenvalue weighted by molar-refractivity contribution is -0.137. The van der Waals surface area contributed by atoms with Crippen molar-refractivity contribution in [2.24, 2.45) is 0 Å². The van der Waals surface area contributed by atoms with Gasteiger partial charge in [0, 0.05) is 14.2 Å². The fourth-order valence-electron chi connectivity index (χ4n) is 1.97. The number of methoxy groups -OCH3 is 2. The first kappa shape index (κ1) is 13.4. The zero-order valence-electron chi connectivity index (χ0n) is 10.3. The molecule has 1 aliphatic rings. The minimum atomic E-state index is -0.396. The van der Waals surface area contributed by atoms with Crippen LogP contribution in [0.5, 0.6) is 0 Å². The zero-order chi connectivity index (χ0) is 12.0. The van der Waals surface area contributed by atoms with E-state index in [0.717, 1.165) is 25.8 Å². The summed E-state index contributed by atoms with van der Waals surface area (Å²) < 4.78 is 10.2. The molecule has 1 heterocycles. The highest BCUT2D eigenvalue weighted by molar-refractivity contribution is 5.82. The maximum absolute atomic E-state index is 11.9. The van der Waals surface area contributed by atoms with E-state index in [1.54, 1.807) is 14.2 Å². The zero-order valence-corrected chi connectivity index (χ0v) is 10.3. The number of carbonyl (C=O) groups excluding carboxylic acids is 1. The summed E-state index contributed by atoms with van der Waals surface area (Å²) in [4.78, 5) is 11.9.